The molecule has 7 nitrogen and oxygen atoms in total. The lowest BCUT2D eigenvalue weighted by molar-refractivity contribution is 0.0789. The van der Waals surface area contributed by atoms with Crippen molar-refractivity contribution in [2.75, 3.05) is 24.5 Å². The molecule has 1 unspecified atom stereocenters. The van der Waals surface area contributed by atoms with Crippen LogP contribution in [-0.4, -0.2) is 40.6 Å². The van der Waals surface area contributed by atoms with Gasteiger partial charge in [0.1, 0.15) is 12.7 Å². The van der Waals surface area contributed by atoms with Gasteiger partial charge in [0.05, 0.1) is 17.1 Å². The molecule has 3 aromatic rings. The van der Waals surface area contributed by atoms with E-state index in [0.717, 1.165) is 0 Å². The van der Waals surface area contributed by atoms with Crippen molar-refractivity contribution in [1.29, 1.82) is 0 Å². The summed E-state index contributed by atoms with van der Waals surface area (Å²) in [6.07, 6.45) is -0.307. The van der Waals surface area contributed by atoms with Gasteiger partial charge in [0.2, 0.25) is 0 Å². The first kappa shape index (κ1) is 20.7. The Morgan fingerprint density at radius 1 is 0.968 bits per heavy atom. The Hall–Kier alpha value is -3.52. The van der Waals surface area contributed by atoms with Crippen molar-refractivity contribution in [3.8, 4) is 11.5 Å². The molecular weight excluding hydrogens is 416 g/mol. The molecule has 1 atom stereocenters. The molecule has 0 aromatic heterocycles. The number of fused-ring (bicyclic) bond motifs is 1. The highest BCUT2D eigenvalue weighted by molar-refractivity contribution is 7.92. The van der Waals surface area contributed by atoms with Crippen LogP contribution < -0.4 is 19.1 Å². The van der Waals surface area contributed by atoms with Gasteiger partial charge in [0.15, 0.2) is 11.5 Å². The Morgan fingerprint density at radius 3 is 2.32 bits per heavy atom. The standard InChI is InChI=1S/C23H22N2O5S/c1-25(18-7-3-2-4-8-18)31(27,28)20-13-11-17(12-14-20)23(26)24-15-19-16-29-21-9-5-6-10-22(21)30-19/h2-14,19H,15-16H2,1H3,(H,24,26). The molecule has 0 saturated carbocycles. The Morgan fingerprint density at radius 2 is 1.61 bits per heavy atom. The molecule has 1 aliphatic rings. The van der Waals surface area contributed by atoms with Gasteiger partial charge in [-0.15, -0.1) is 0 Å². The van der Waals surface area contributed by atoms with Gasteiger partial charge in [0, 0.05) is 12.6 Å². The second-order valence-electron chi connectivity index (χ2n) is 7.04. The molecule has 0 saturated heterocycles. The highest BCUT2D eigenvalue weighted by atomic mass is 32.2. The summed E-state index contributed by atoms with van der Waals surface area (Å²) in [5, 5.41) is 2.80. The average Bonchev–Trinajstić information content (AvgIpc) is 2.82. The summed E-state index contributed by atoms with van der Waals surface area (Å²) >= 11 is 0. The van der Waals surface area contributed by atoms with Gasteiger partial charge < -0.3 is 14.8 Å². The number of hydrogen-bond donors (Lipinski definition) is 1. The number of nitrogens with one attached hydrogen (secondary N) is 1. The summed E-state index contributed by atoms with van der Waals surface area (Å²) in [6.45, 7) is 0.601. The first-order valence-corrected chi connectivity index (χ1v) is 11.2. The molecule has 0 fully saturated rings. The normalized spacial score (nSPS) is 15.2. The van der Waals surface area contributed by atoms with Gasteiger partial charge in [-0.2, -0.15) is 0 Å². The molecule has 0 aliphatic carbocycles. The molecule has 1 N–H and O–H groups in total. The van der Waals surface area contributed by atoms with Crippen LogP contribution in [0.15, 0.2) is 83.8 Å². The zero-order valence-electron chi connectivity index (χ0n) is 16.9. The Labute approximate surface area is 181 Å². The Bertz CT molecular complexity index is 1160. The fourth-order valence-electron chi connectivity index (χ4n) is 3.19. The van der Waals surface area contributed by atoms with Gasteiger partial charge in [-0.25, -0.2) is 8.42 Å². The van der Waals surface area contributed by atoms with Crippen LogP contribution in [0, 0.1) is 0 Å². The summed E-state index contributed by atoms with van der Waals surface area (Å²) in [5.74, 6) is 1.01. The number of carbonyl (C=O) groups excluding carboxylic acids is 1. The van der Waals surface area contributed by atoms with Crippen LogP contribution in [0.3, 0.4) is 0 Å². The van der Waals surface area contributed by atoms with E-state index in [1.807, 2.05) is 30.3 Å². The minimum Gasteiger partial charge on any atom is -0.486 e. The predicted octanol–water partition coefficient (Wildman–Crippen LogP) is 3.08. The summed E-state index contributed by atoms with van der Waals surface area (Å²) in [4.78, 5) is 12.6. The van der Waals surface area contributed by atoms with E-state index in [0.29, 0.717) is 29.4 Å². The molecule has 160 valence electrons. The van der Waals surface area contributed by atoms with Gasteiger partial charge in [-0.1, -0.05) is 30.3 Å². The zero-order valence-corrected chi connectivity index (χ0v) is 17.7. The van der Waals surface area contributed by atoms with E-state index in [-0.39, 0.29) is 23.5 Å². The zero-order chi connectivity index (χ0) is 21.8. The average molecular weight is 439 g/mol. The maximum absolute atomic E-state index is 12.8. The molecule has 3 aromatic carbocycles. The third-order valence-corrected chi connectivity index (χ3v) is 6.75. The van der Waals surface area contributed by atoms with Crippen molar-refractivity contribution < 1.29 is 22.7 Å². The topological polar surface area (TPSA) is 84.9 Å². The lowest BCUT2D eigenvalue weighted by Crippen LogP contribution is -2.40. The van der Waals surface area contributed by atoms with Crippen molar-refractivity contribution in [1.82, 2.24) is 5.32 Å². The fraction of sp³-hybridized carbons (Fsp3) is 0.174. The Balaban J connectivity index is 1.38. The van der Waals surface area contributed by atoms with Crippen LogP contribution >= 0.6 is 0 Å². The lowest BCUT2D eigenvalue weighted by atomic mass is 10.2. The molecule has 1 amide bonds. The summed E-state index contributed by atoms with van der Waals surface area (Å²) in [6, 6.07) is 22.0. The molecule has 31 heavy (non-hydrogen) atoms. The number of benzene rings is 3. The number of para-hydroxylation sites is 3. The highest BCUT2D eigenvalue weighted by Crippen LogP contribution is 2.30. The number of nitrogens with zero attached hydrogens (tertiary/aromatic N) is 1. The minimum absolute atomic E-state index is 0.107. The van der Waals surface area contributed by atoms with Crippen LogP contribution in [0.5, 0.6) is 11.5 Å². The van der Waals surface area contributed by atoms with Crippen molar-refractivity contribution in [2.24, 2.45) is 0 Å². The predicted molar refractivity (Wildman–Crippen MR) is 117 cm³/mol. The van der Waals surface area contributed by atoms with E-state index < -0.39 is 10.0 Å². The molecule has 1 heterocycles. The van der Waals surface area contributed by atoms with Gasteiger partial charge in [-0.3, -0.25) is 9.10 Å². The second-order valence-corrected chi connectivity index (χ2v) is 9.01. The van der Waals surface area contributed by atoms with Crippen molar-refractivity contribution >= 4 is 21.6 Å². The van der Waals surface area contributed by atoms with E-state index in [1.54, 1.807) is 24.3 Å². The number of ether oxygens (including phenoxy) is 2. The third-order valence-electron chi connectivity index (χ3n) is 4.95. The molecule has 1 aliphatic heterocycles. The SMILES string of the molecule is CN(c1ccccc1)S(=O)(=O)c1ccc(C(=O)NCC2COc3ccccc3O2)cc1. The van der Waals surface area contributed by atoms with E-state index in [2.05, 4.69) is 5.32 Å². The number of rotatable bonds is 6. The molecule has 4 rings (SSSR count). The van der Waals surface area contributed by atoms with E-state index in [9.17, 15) is 13.2 Å². The van der Waals surface area contributed by atoms with E-state index in [4.69, 9.17) is 9.47 Å². The van der Waals surface area contributed by atoms with Crippen LogP contribution in [-0.2, 0) is 10.0 Å². The second kappa shape index (κ2) is 8.69. The van der Waals surface area contributed by atoms with Crippen molar-refractivity contribution in [3.05, 3.63) is 84.4 Å². The number of amides is 1. The lowest BCUT2D eigenvalue weighted by Gasteiger charge is -2.26. The number of sulfonamides is 1. The van der Waals surface area contributed by atoms with Crippen LogP contribution in [0.25, 0.3) is 0 Å². The number of anilines is 1. The smallest absolute Gasteiger partial charge is 0.264 e. The molecule has 0 radical (unpaired) electrons. The van der Waals surface area contributed by atoms with Crippen LogP contribution in [0.2, 0.25) is 0 Å². The molecule has 0 spiro atoms. The van der Waals surface area contributed by atoms with Crippen molar-refractivity contribution in [3.63, 3.8) is 0 Å². The largest absolute Gasteiger partial charge is 0.486 e. The van der Waals surface area contributed by atoms with Crippen LogP contribution in [0.4, 0.5) is 5.69 Å². The van der Waals surface area contributed by atoms with Gasteiger partial charge in [0.25, 0.3) is 15.9 Å². The molecular formula is C23H22N2O5S. The van der Waals surface area contributed by atoms with Crippen molar-refractivity contribution in [2.45, 2.75) is 11.0 Å². The minimum atomic E-state index is -3.73. The molecule has 0 bridgehead atoms. The first-order valence-electron chi connectivity index (χ1n) is 9.76. The summed E-state index contributed by atoms with van der Waals surface area (Å²) < 4.78 is 38.4. The summed E-state index contributed by atoms with van der Waals surface area (Å²) in [7, 11) is -2.23. The van der Waals surface area contributed by atoms with E-state index in [1.165, 1.54) is 35.6 Å². The maximum Gasteiger partial charge on any atom is 0.264 e. The molecule has 8 heteroatoms. The number of carbonyl (C=O) groups is 1. The third kappa shape index (κ3) is 4.49. The fourth-order valence-corrected chi connectivity index (χ4v) is 4.38. The van der Waals surface area contributed by atoms with E-state index >= 15 is 0 Å². The number of hydrogen-bond acceptors (Lipinski definition) is 5. The first-order chi connectivity index (χ1) is 14.9. The summed E-state index contributed by atoms with van der Waals surface area (Å²) in [5.41, 5.74) is 0.916. The maximum atomic E-state index is 12.8. The van der Waals surface area contributed by atoms with Gasteiger partial charge in [-0.05, 0) is 48.5 Å². The Kier molecular flexibility index (Phi) is 5.81. The van der Waals surface area contributed by atoms with Crippen LogP contribution in [0.1, 0.15) is 10.4 Å². The quantitative estimate of drug-likeness (QED) is 0.639. The monoisotopic (exact) mass is 438 g/mol. The highest BCUT2D eigenvalue weighted by Gasteiger charge is 2.23. The van der Waals surface area contributed by atoms with Gasteiger partial charge >= 0.3 is 0 Å².